The molecule has 1 nitrogen and oxygen atoms in total. The van der Waals surface area contributed by atoms with Crippen LogP contribution in [0.5, 0.6) is 0 Å². The number of benzene rings is 1. The predicted molar refractivity (Wildman–Crippen MR) is 67.2 cm³/mol. The number of hydrogen-bond donors (Lipinski definition) is 0. The maximum atomic E-state index is 13.0. The Kier molecular flexibility index (Phi) is 4.42. The number of carbonyl (C=O) groups excluding carboxylic acids is 1. The number of halogens is 3. The first-order chi connectivity index (χ1) is 7.70. The van der Waals surface area contributed by atoms with E-state index in [1.54, 1.807) is 0 Å². The van der Waals surface area contributed by atoms with Crippen LogP contribution in [0.25, 0.3) is 0 Å². The minimum Gasteiger partial charge on any atom is -0.298 e. The zero-order valence-corrected chi connectivity index (χ0v) is 11.6. The average Bonchev–Trinajstić information content (AvgIpc) is 2.13. The molecule has 0 aliphatic rings. The highest BCUT2D eigenvalue weighted by Crippen LogP contribution is 2.23. The van der Waals surface area contributed by atoms with Gasteiger partial charge in [-0.25, -0.2) is 8.78 Å². The summed E-state index contributed by atoms with van der Waals surface area (Å²) in [5.74, 6) is -1.23. The molecule has 94 valence electrons. The van der Waals surface area contributed by atoms with E-state index < -0.39 is 21.9 Å². The van der Waals surface area contributed by atoms with E-state index in [-0.39, 0.29) is 12.2 Å². The van der Waals surface area contributed by atoms with Gasteiger partial charge in [0.1, 0.15) is 11.6 Å². The first-order valence-corrected chi connectivity index (χ1v) is 6.25. The van der Waals surface area contributed by atoms with Crippen molar-refractivity contribution in [2.24, 2.45) is 5.41 Å². The summed E-state index contributed by atoms with van der Waals surface area (Å²) in [4.78, 5) is 11.5. The number of ketones is 1. The van der Waals surface area contributed by atoms with Gasteiger partial charge in [0.05, 0.1) is 4.83 Å². The Morgan fingerprint density at radius 2 is 1.71 bits per heavy atom. The minimum absolute atomic E-state index is 0.0159. The van der Waals surface area contributed by atoms with Crippen LogP contribution in [0.15, 0.2) is 18.2 Å². The minimum atomic E-state index is -0.622. The maximum Gasteiger partial charge on any atom is 0.152 e. The lowest BCUT2D eigenvalue weighted by molar-refractivity contribution is -0.125. The van der Waals surface area contributed by atoms with Gasteiger partial charge in [0.25, 0.3) is 0 Å². The Morgan fingerprint density at radius 1 is 1.24 bits per heavy atom. The molecule has 1 rings (SSSR count). The molecule has 0 fully saturated rings. The van der Waals surface area contributed by atoms with Crippen molar-refractivity contribution in [3.63, 3.8) is 0 Å². The number of rotatable bonds is 3. The molecule has 0 N–H and O–H groups in total. The number of alkyl halides is 1. The van der Waals surface area contributed by atoms with Crippen LogP contribution in [0.4, 0.5) is 8.78 Å². The third kappa shape index (κ3) is 4.19. The van der Waals surface area contributed by atoms with Crippen LogP contribution < -0.4 is 0 Å². The number of carbonyl (C=O) groups is 1. The van der Waals surface area contributed by atoms with Crippen molar-refractivity contribution in [1.29, 1.82) is 0 Å². The Hall–Kier alpha value is -0.770. The SMILES string of the molecule is CC(C)(C)C(=O)C(Br)Cc1cc(F)cc(F)c1. The second-order valence-electron chi connectivity index (χ2n) is 5.06. The van der Waals surface area contributed by atoms with Gasteiger partial charge in [0, 0.05) is 11.5 Å². The molecule has 0 aliphatic carbocycles. The van der Waals surface area contributed by atoms with E-state index in [2.05, 4.69) is 15.9 Å². The molecule has 17 heavy (non-hydrogen) atoms. The first-order valence-electron chi connectivity index (χ1n) is 5.33. The molecule has 0 aromatic heterocycles. The van der Waals surface area contributed by atoms with Crippen molar-refractivity contribution in [2.45, 2.75) is 32.0 Å². The molecule has 0 bridgehead atoms. The number of Topliss-reactive ketones (excluding diaryl/α,β-unsaturated/α-hetero) is 1. The van der Waals surface area contributed by atoms with Crippen molar-refractivity contribution in [3.05, 3.63) is 35.4 Å². The number of hydrogen-bond acceptors (Lipinski definition) is 1. The van der Waals surface area contributed by atoms with E-state index in [0.29, 0.717) is 5.56 Å². The van der Waals surface area contributed by atoms with Crippen LogP contribution in [0.3, 0.4) is 0 Å². The highest BCUT2D eigenvalue weighted by atomic mass is 79.9. The Labute approximate surface area is 108 Å². The zero-order chi connectivity index (χ0) is 13.2. The molecule has 0 radical (unpaired) electrons. The van der Waals surface area contributed by atoms with E-state index in [1.807, 2.05) is 20.8 Å². The molecule has 0 amide bonds. The Morgan fingerprint density at radius 3 is 2.12 bits per heavy atom. The molecule has 0 saturated heterocycles. The normalized spacial score (nSPS) is 13.5. The molecular weight excluding hydrogens is 290 g/mol. The van der Waals surface area contributed by atoms with Crippen LogP contribution in [-0.2, 0) is 11.2 Å². The van der Waals surface area contributed by atoms with Gasteiger partial charge in [-0.15, -0.1) is 0 Å². The summed E-state index contributed by atoms with van der Waals surface area (Å²) < 4.78 is 25.9. The van der Waals surface area contributed by atoms with Crippen LogP contribution in [0.1, 0.15) is 26.3 Å². The fraction of sp³-hybridized carbons (Fsp3) is 0.462. The molecule has 1 atom stereocenters. The van der Waals surface area contributed by atoms with E-state index in [4.69, 9.17) is 0 Å². The fourth-order valence-electron chi connectivity index (χ4n) is 1.50. The van der Waals surface area contributed by atoms with Gasteiger partial charge in [-0.05, 0) is 24.1 Å². The predicted octanol–water partition coefficient (Wildman–Crippen LogP) is 3.89. The Balaban J connectivity index is 2.81. The molecule has 0 spiro atoms. The summed E-state index contributed by atoms with van der Waals surface area (Å²) in [5, 5.41) is 0. The van der Waals surface area contributed by atoms with E-state index in [1.165, 1.54) is 12.1 Å². The van der Waals surface area contributed by atoms with Gasteiger partial charge in [0.15, 0.2) is 5.78 Å². The van der Waals surface area contributed by atoms with Crippen molar-refractivity contribution >= 4 is 21.7 Å². The van der Waals surface area contributed by atoms with Crippen LogP contribution in [0.2, 0.25) is 0 Å². The zero-order valence-electron chi connectivity index (χ0n) is 10.1. The molecule has 0 heterocycles. The van der Waals surface area contributed by atoms with Crippen LogP contribution >= 0.6 is 15.9 Å². The summed E-state index contributed by atoms with van der Waals surface area (Å²) in [6, 6.07) is 3.30. The average molecular weight is 305 g/mol. The van der Waals surface area contributed by atoms with Gasteiger partial charge in [-0.2, -0.15) is 0 Å². The van der Waals surface area contributed by atoms with Crippen molar-refractivity contribution in [1.82, 2.24) is 0 Å². The largest absolute Gasteiger partial charge is 0.298 e. The van der Waals surface area contributed by atoms with Crippen LogP contribution in [-0.4, -0.2) is 10.6 Å². The summed E-state index contributed by atoms with van der Waals surface area (Å²) in [7, 11) is 0. The van der Waals surface area contributed by atoms with E-state index in [0.717, 1.165) is 6.07 Å². The lowest BCUT2D eigenvalue weighted by Crippen LogP contribution is -2.30. The maximum absolute atomic E-state index is 13.0. The smallest absolute Gasteiger partial charge is 0.152 e. The van der Waals surface area contributed by atoms with Crippen molar-refractivity contribution < 1.29 is 13.6 Å². The van der Waals surface area contributed by atoms with E-state index in [9.17, 15) is 13.6 Å². The molecular formula is C13H15BrF2O. The third-order valence-electron chi connectivity index (χ3n) is 2.36. The van der Waals surface area contributed by atoms with Gasteiger partial charge in [0.2, 0.25) is 0 Å². The standard InChI is InChI=1S/C13H15BrF2O/c1-13(2,3)12(17)11(14)6-8-4-9(15)7-10(16)5-8/h4-5,7,11H,6H2,1-3H3. The lowest BCUT2D eigenvalue weighted by atomic mass is 9.87. The topological polar surface area (TPSA) is 17.1 Å². The monoisotopic (exact) mass is 304 g/mol. The molecule has 1 aromatic carbocycles. The Bertz CT molecular complexity index is 404. The molecule has 1 unspecified atom stereocenters. The second-order valence-corrected chi connectivity index (χ2v) is 6.17. The van der Waals surface area contributed by atoms with Crippen molar-refractivity contribution in [2.75, 3.05) is 0 Å². The van der Waals surface area contributed by atoms with Gasteiger partial charge in [-0.1, -0.05) is 36.7 Å². The first kappa shape index (κ1) is 14.3. The van der Waals surface area contributed by atoms with Crippen LogP contribution in [0, 0.1) is 17.0 Å². The van der Waals surface area contributed by atoms with Gasteiger partial charge in [-0.3, -0.25) is 4.79 Å². The van der Waals surface area contributed by atoms with Gasteiger partial charge >= 0.3 is 0 Å². The highest BCUT2D eigenvalue weighted by molar-refractivity contribution is 9.10. The molecule has 0 saturated carbocycles. The molecule has 1 aromatic rings. The third-order valence-corrected chi connectivity index (χ3v) is 3.10. The van der Waals surface area contributed by atoms with Gasteiger partial charge < -0.3 is 0 Å². The quantitative estimate of drug-likeness (QED) is 0.774. The van der Waals surface area contributed by atoms with E-state index >= 15 is 0 Å². The van der Waals surface area contributed by atoms with Crippen molar-refractivity contribution in [3.8, 4) is 0 Å². The second kappa shape index (κ2) is 5.25. The highest BCUT2D eigenvalue weighted by Gasteiger charge is 2.27. The summed E-state index contributed by atoms with van der Waals surface area (Å²) >= 11 is 3.27. The summed E-state index contributed by atoms with van der Waals surface area (Å²) in [6.45, 7) is 5.45. The summed E-state index contributed by atoms with van der Waals surface area (Å²) in [6.07, 6.45) is 0.283. The fourth-order valence-corrected chi connectivity index (χ4v) is 2.56. The molecule has 4 heteroatoms. The summed E-state index contributed by atoms with van der Waals surface area (Å²) in [5.41, 5.74) is 0.00186. The molecule has 0 aliphatic heterocycles. The lowest BCUT2D eigenvalue weighted by Gasteiger charge is -2.20.